The van der Waals surface area contributed by atoms with Gasteiger partial charge in [-0.2, -0.15) is 0 Å². The normalized spacial score (nSPS) is 10.5. The van der Waals surface area contributed by atoms with E-state index in [2.05, 4.69) is 0 Å². The number of Topliss-reactive ketones (excluding diaryl/α,β-unsaturated/α-hetero) is 1. The second-order valence-electron chi connectivity index (χ2n) is 5.68. The van der Waals surface area contributed by atoms with Crippen molar-refractivity contribution < 1.29 is 19.1 Å². The highest BCUT2D eigenvalue weighted by molar-refractivity contribution is 6.31. The zero-order valence-electron chi connectivity index (χ0n) is 13.9. The van der Waals surface area contributed by atoms with Gasteiger partial charge in [0.2, 0.25) is 0 Å². The lowest BCUT2D eigenvalue weighted by atomic mass is 10.2. The van der Waals surface area contributed by atoms with Gasteiger partial charge < -0.3 is 9.47 Å². The minimum absolute atomic E-state index is 0.108. The first-order valence-electron chi connectivity index (χ1n) is 7.18. The molecule has 0 radical (unpaired) electrons. The first-order valence-corrected chi connectivity index (χ1v) is 7.56. The van der Waals surface area contributed by atoms with E-state index in [0.29, 0.717) is 18.1 Å². The van der Waals surface area contributed by atoms with Crippen LogP contribution < -0.4 is 0 Å². The molecule has 0 aliphatic heterocycles. The number of carbonyl (C=O) groups excluding carboxylic acids is 2. The molecular weight excluding hydrogens is 304 g/mol. The lowest BCUT2D eigenvalue weighted by Gasteiger charge is -2.17. The second kappa shape index (κ2) is 10.4. The van der Waals surface area contributed by atoms with Crippen molar-refractivity contribution in [3.8, 4) is 0 Å². The molecule has 0 bridgehead atoms. The van der Waals surface area contributed by atoms with Crippen LogP contribution in [0.25, 0.3) is 0 Å². The Labute approximate surface area is 137 Å². The van der Waals surface area contributed by atoms with Crippen molar-refractivity contribution in [1.82, 2.24) is 0 Å². The van der Waals surface area contributed by atoms with Crippen molar-refractivity contribution >= 4 is 23.4 Å². The molecule has 0 unspecified atom stereocenters. The van der Waals surface area contributed by atoms with E-state index in [1.807, 2.05) is 52.0 Å². The lowest BCUT2D eigenvalue weighted by molar-refractivity contribution is -0.151. The first kappa shape index (κ1) is 20.6. The zero-order chi connectivity index (χ0) is 17.2. The number of carbonyl (C=O) groups is 2. The van der Waals surface area contributed by atoms with Crippen molar-refractivity contribution in [2.24, 2.45) is 0 Å². The standard InChI is InChI=1S/C11H13ClO2.C6H12O2/c1-2-10(13)8-14-7-9-5-3-4-6-11(9)12;1-5(7)8-6(2,3)4/h3-6H,2,7-8H2,1H3;1-4H3. The number of benzene rings is 1. The Morgan fingerprint density at radius 1 is 1.18 bits per heavy atom. The second-order valence-corrected chi connectivity index (χ2v) is 6.09. The summed E-state index contributed by atoms with van der Waals surface area (Å²) >= 11 is 5.91. The third-order valence-electron chi connectivity index (χ3n) is 2.32. The van der Waals surface area contributed by atoms with Crippen LogP contribution >= 0.6 is 11.6 Å². The zero-order valence-corrected chi connectivity index (χ0v) is 14.7. The predicted octanol–water partition coefficient (Wildman–Crippen LogP) is 4.18. The molecule has 124 valence electrons. The average Bonchev–Trinajstić information content (AvgIpc) is 2.38. The molecule has 0 atom stereocenters. The molecule has 0 saturated heterocycles. The molecule has 0 saturated carbocycles. The third-order valence-corrected chi connectivity index (χ3v) is 2.69. The minimum atomic E-state index is -0.328. The number of rotatable bonds is 5. The summed E-state index contributed by atoms with van der Waals surface area (Å²) < 4.78 is 10.0. The van der Waals surface area contributed by atoms with Crippen LogP contribution in [0.2, 0.25) is 5.02 Å². The fourth-order valence-corrected chi connectivity index (χ4v) is 1.61. The number of hydrogen-bond acceptors (Lipinski definition) is 4. The monoisotopic (exact) mass is 328 g/mol. The highest BCUT2D eigenvalue weighted by Gasteiger charge is 2.11. The first-order chi connectivity index (χ1) is 10.2. The maximum Gasteiger partial charge on any atom is 0.303 e. The molecule has 0 aromatic heterocycles. The number of halogens is 1. The predicted molar refractivity (Wildman–Crippen MR) is 87.9 cm³/mol. The molecule has 0 N–H and O–H groups in total. The van der Waals surface area contributed by atoms with Gasteiger partial charge in [-0.15, -0.1) is 0 Å². The SMILES string of the molecule is CC(=O)OC(C)(C)C.CCC(=O)COCc1ccccc1Cl. The fraction of sp³-hybridized carbons (Fsp3) is 0.529. The molecule has 0 fully saturated rings. The van der Waals surface area contributed by atoms with Gasteiger partial charge in [-0.3, -0.25) is 9.59 Å². The summed E-state index contributed by atoms with van der Waals surface area (Å²) in [5.41, 5.74) is 0.587. The summed E-state index contributed by atoms with van der Waals surface area (Å²) in [6, 6.07) is 7.45. The Morgan fingerprint density at radius 3 is 2.18 bits per heavy atom. The van der Waals surface area contributed by atoms with E-state index in [9.17, 15) is 9.59 Å². The summed E-state index contributed by atoms with van der Waals surface area (Å²) in [6.07, 6.45) is 0.516. The van der Waals surface area contributed by atoms with Gasteiger partial charge in [0.1, 0.15) is 12.2 Å². The highest BCUT2D eigenvalue weighted by Crippen LogP contribution is 2.15. The van der Waals surface area contributed by atoms with E-state index in [1.54, 1.807) is 0 Å². The van der Waals surface area contributed by atoms with E-state index in [0.717, 1.165) is 5.56 Å². The Morgan fingerprint density at radius 2 is 1.77 bits per heavy atom. The van der Waals surface area contributed by atoms with E-state index in [-0.39, 0.29) is 24.0 Å². The van der Waals surface area contributed by atoms with Gasteiger partial charge in [-0.05, 0) is 32.4 Å². The van der Waals surface area contributed by atoms with Crippen LogP contribution in [0.4, 0.5) is 0 Å². The molecule has 1 aromatic carbocycles. The van der Waals surface area contributed by atoms with E-state index in [4.69, 9.17) is 21.1 Å². The fourth-order valence-electron chi connectivity index (χ4n) is 1.42. The summed E-state index contributed by atoms with van der Waals surface area (Å²) in [5, 5.41) is 0.677. The molecule has 0 aliphatic carbocycles. The van der Waals surface area contributed by atoms with Crippen LogP contribution in [-0.4, -0.2) is 24.0 Å². The molecule has 0 amide bonds. The Hall–Kier alpha value is -1.39. The van der Waals surface area contributed by atoms with Gasteiger partial charge in [0.15, 0.2) is 5.78 Å². The van der Waals surface area contributed by atoms with E-state index >= 15 is 0 Å². The van der Waals surface area contributed by atoms with Crippen LogP contribution in [0.5, 0.6) is 0 Å². The summed E-state index contributed by atoms with van der Waals surface area (Å²) in [6.45, 7) is 9.32. The van der Waals surface area contributed by atoms with Gasteiger partial charge in [0.25, 0.3) is 0 Å². The van der Waals surface area contributed by atoms with E-state index < -0.39 is 0 Å². The van der Waals surface area contributed by atoms with Crippen LogP contribution in [0.15, 0.2) is 24.3 Å². The van der Waals surface area contributed by atoms with Gasteiger partial charge in [0.05, 0.1) is 6.61 Å². The Kier molecular flexibility index (Phi) is 9.70. The van der Waals surface area contributed by atoms with Crippen LogP contribution in [0.1, 0.15) is 46.6 Å². The number of ether oxygens (including phenoxy) is 2. The van der Waals surface area contributed by atoms with Gasteiger partial charge in [-0.25, -0.2) is 0 Å². The molecule has 1 aromatic rings. The van der Waals surface area contributed by atoms with Crippen LogP contribution in [0.3, 0.4) is 0 Å². The molecule has 0 aliphatic rings. The average molecular weight is 329 g/mol. The largest absolute Gasteiger partial charge is 0.460 e. The van der Waals surface area contributed by atoms with Crippen molar-refractivity contribution in [3.05, 3.63) is 34.9 Å². The number of ketones is 1. The molecule has 5 heteroatoms. The van der Waals surface area contributed by atoms with Crippen LogP contribution in [-0.2, 0) is 25.7 Å². The van der Waals surface area contributed by atoms with E-state index in [1.165, 1.54) is 6.92 Å². The summed E-state index contributed by atoms with van der Waals surface area (Å²) in [4.78, 5) is 21.2. The number of hydrogen-bond donors (Lipinski definition) is 0. The summed E-state index contributed by atoms with van der Waals surface area (Å²) in [7, 11) is 0. The third kappa shape index (κ3) is 11.3. The van der Waals surface area contributed by atoms with Crippen molar-refractivity contribution in [2.45, 2.75) is 53.2 Å². The highest BCUT2D eigenvalue weighted by atomic mass is 35.5. The van der Waals surface area contributed by atoms with Crippen molar-refractivity contribution in [2.75, 3.05) is 6.61 Å². The maximum absolute atomic E-state index is 10.9. The lowest BCUT2D eigenvalue weighted by Crippen LogP contribution is -2.21. The Bertz CT molecular complexity index is 478. The molecule has 0 heterocycles. The van der Waals surface area contributed by atoms with Gasteiger partial charge >= 0.3 is 5.97 Å². The summed E-state index contributed by atoms with van der Waals surface area (Å²) in [5.74, 6) is -0.116. The molecule has 1 rings (SSSR count). The smallest absolute Gasteiger partial charge is 0.303 e. The van der Waals surface area contributed by atoms with Gasteiger partial charge in [-0.1, -0.05) is 36.7 Å². The topological polar surface area (TPSA) is 52.6 Å². The van der Waals surface area contributed by atoms with Gasteiger partial charge in [0, 0.05) is 18.4 Å². The molecule has 4 nitrogen and oxygen atoms in total. The van der Waals surface area contributed by atoms with Crippen molar-refractivity contribution in [1.29, 1.82) is 0 Å². The Balaban J connectivity index is 0.000000472. The molecule has 0 spiro atoms. The van der Waals surface area contributed by atoms with Crippen molar-refractivity contribution in [3.63, 3.8) is 0 Å². The quantitative estimate of drug-likeness (QED) is 0.761. The molecule has 22 heavy (non-hydrogen) atoms. The molecular formula is C17H25ClO4. The minimum Gasteiger partial charge on any atom is -0.460 e. The number of esters is 1. The maximum atomic E-state index is 10.9. The van der Waals surface area contributed by atoms with Crippen LogP contribution in [0, 0.1) is 0 Å².